The number of nitrogens with one attached hydrogen (secondary N) is 1. The van der Waals surface area contributed by atoms with E-state index in [1.165, 1.54) is 0 Å². The quantitative estimate of drug-likeness (QED) is 0.922. The molecular weight excluding hydrogens is 278 g/mol. The SMILES string of the molecule is CN(Cc1cc(-c2ccccc2)n[nH]1)C(=O)CC1CCOC1. The van der Waals surface area contributed by atoms with Gasteiger partial charge in [0.15, 0.2) is 0 Å². The van der Waals surface area contributed by atoms with Crippen molar-refractivity contribution in [1.82, 2.24) is 15.1 Å². The molecule has 116 valence electrons. The Balaban J connectivity index is 1.58. The molecule has 0 bridgehead atoms. The van der Waals surface area contributed by atoms with E-state index >= 15 is 0 Å². The van der Waals surface area contributed by atoms with Crippen LogP contribution in [0.15, 0.2) is 36.4 Å². The van der Waals surface area contributed by atoms with E-state index in [1.54, 1.807) is 4.90 Å². The van der Waals surface area contributed by atoms with Crippen LogP contribution in [0.3, 0.4) is 0 Å². The van der Waals surface area contributed by atoms with Gasteiger partial charge >= 0.3 is 0 Å². The average molecular weight is 299 g/mol. The van der Waals surface area contributed by atoms with E-state index in [4.69, 9.17) is 4.74 Å². The molecule has 22 heavy (non-hydrogen) atoms. The van der Waals surface area contributed by atoms with Crippen LogP contribution < -0.4 is 0 Å². The normalized spacial score (nSPS) is 17.6. The topological polar surface area (TPSA) is 58.2 Å². The van der Waals surface area contributed by atoms with Crippen LogP contribution in [-0.4, -0.2) is 41.3 Å². The summed E-state index contributed by atoms with van der Waals surface area (Å²) in [6, 6.07) is 12.0. The zero-order chi connectivity index (χ0) is 15.4. The van der Waals surface area contributed by atoms with Gasteiger partial charge in [-0.3, -0.25) is 9.89 Å². The number of hydrogen-bond donors (Lipinski definition) is 1. The average Bonchev–Trinajstić information content (AvgIpc) is 3.20. The van der Waals surface area contributed by atoms with Crippen LogP contribution in [0.4, 0.5) is 0 Å². The second kappa shape index (κ2) is 6.75. The van der Waals surface area contributed by atoms with Gasteiger partial charge in [-0.1, -0.05) is 30.3 Å². The van der Waals surface area contributed by atoms with Gasteiger partial charge in [-0.25, -0.2) is 0 Å². The first-order chi connectivity index (χ1) is 10.7. The van der Waals surface area contributed by atoms with Crippen LogP contribution in [0.5, 0.6) is 0 Å². The van der Waals surface area contributed by atoms with E-state index in [1.807, 2.05) is 43.4 Å². The Bertz CT molecular complexity index is 618. The highest BCUT2D eigenvalue weighted by Crippen LogP contribution is 2.19. The molecule has 1 aliphatic rings. The molecule has 0 radical (unpaired) electrons. The van der Waals surface area contributed by atoms with Crippen molar-refractivity contribution in [2.45, 2.75) is 19.4 Å². The van der Waals surface area contributed by atoms with Gasteiger partial charge in [-0.15, -0.1) is 0 Å². The summed E-state index contributed by atoms with van der Waals surface area (Å²) in [5.74, 6) is 0.531. The summed E-state index contributed by atoms with van der Waals surface area (Å²) in [7, 11) is 1.83. The molecule has 0 aliphatic carbocycles. The maximum absolute atomic E-state index is 12.2. The number of benzene rings is 1. The molecule has 5 nitrogen and oxygen atoms in total. The van der Waals surface area contributed by atoms with E-state index in [9.17, 15) is 4.79 Å². The molecule has 0 saturated carbocycles. The Kier molecular flexibility index (Phi) is 4.53. The Hall–Kier alpha value is -2.14. The first-order valence-corrected chi connectivity index (χ1v) is 7.64. The monoisotopic (exact) mass is 299 g/mol. The molecule has 0 spiro atoms. The molecule has 1 saturated heterocycles. The minimum atomic E-state index is 0.159. The maximum Gasteiger partial charge on any atom is 0.223 e. The summed E-state index contributed by atoms with van der Waals surface area (Å²) in [4.78, 5) is 14.0. The molecule has 2 aromatic rings. The van der Waals surface area contributed by atoms with Crippen LogP contribution in [0, 0.1) is 5.92 Å². The predicted octanol–water partition coefficient (Wildman–Crippen LogP) is 2.46. The third kappa shape index (κ3) is 3.54. The van der Waals surface area contributed by atoms with Crippen molar-refractivity contribution in [2.75, 3.05) is 20.3 Å². The van der Waals surface area contributed by atoms with Crippen LogP contribution in [0.25, 0.3) is 11.3 Å². The van der Waals surface area contributed by atoms with Crippen LogP contribution >= 0.6 is 0 Å². The third-order valence-corrected chi connectivity index (χ3v) is 4.02. The summed E-state index contributed by atoms with van der Waals surface area (Å²) < 4.78 is 5.32. The van der Waals surface area contributed by atoms with Crippen molar-refractivity contribution in [1.29, 1.82) is 0 Å². The fourth-order valence-electron chi connectivity index (χ4n) is 2.69. The molecule has 1 N–H and O–H groups in total. The predicted molar refractivity (Wildman–Crippen MR) is 84.0 cm³/mol. The number of H-pyrrole nitrogens is 1. The Labute approximate surface area is 130 Å². The summed E-state index contributed by atoms with van der Waals surface area (Å²) in [5.41, 5.74) is 2.92. The summed E-state index contributed by atoms with van der Waals surface area (Å²) in [6.45, 7) is 2.04. The fourth-order valence-corrected chi connectivity index (χ4v) is 2.69. The fraction of sp³-hybridized carbons (Fsp3) is 0.412. The second-order valence-corrected chi connectivity index (χ2v) is 5.83. The van der Waals surface area contributed by atoms with E-state index in [-0.39, 0.29) is 5.91 Å². The van der Waals surface area contributed by atoms with Gasteiger partial charge in [-0.2, -0.15) is 5.10 Å². The number of hydrogen-bond acceptors (Lipinski definition) is 3. The van der Waals surface area contributed by atoms with Gasteiger partial charge in [0.1, 0.15) is 0 Å². The number of nitrogens with zero attached hydrogens (tertiary/aromatic N) is 2. The Morgan fingerprint density at radius 1 is 1.41 bits per heavy atom. The van der Waals surface area contributed by atoms with Crippen molar-refractivity contribution in [2.24, 2.45) is 5.92 Å². The largest absolute Gasteiger partial charge is 0.381 e. The minimum Gasteiger partial charge on any atom is -0.381 e. The van der Waals surface area contributed by atoms with Gasteiger partial charge in [-0.05, 0) is 18.4 Å². The van der Waals surface area contributed by atoms with Crippen molar-refractivity contribution < 1.29 is 9.53 Å². The van der Waals surface area contributed by atoms with Gasteiger partial charge in [0.2, 0.25) is 5.91 Å². The molecule has 1 amide bonds. The number of rotatable bonds is 5. The van der Waals surface area contributed by atoms with Crippen molar-refractivity contribution in [3.63, 3.8) is 0 Å². The molecule has 1 aromatic heterocycles. The summed E-state index contributed by atoms with van der Waals surface area (Å²) in [6.07, 6.45) is 1.55. The minimum absolute atomic E-state index is 0.159. The zero-order valence-corrected chi connectivity index (χ0v) is 12.8. The third-order valence-electron chi connectivity index (χ3n) is 4.02. The van der Waals surface area contributed by atoms with Crippen LogP contribution in [0.2, 0.25) is 0 Å². The van der Waals surface area contributed by atoms with E-state index < -0.39 is 0 Å². The molecule has 1 fully saturated rings. The Morgan fingerprint density at radius 2 is 2.23 bits per heavy atom. The summed E-state index contributed by atoms with van der Waals surface area (Å²) >= 11 is 0. The summed E-state index contributed by atoms with van der Waals surface area (Å²) in [5, 5.41) is 7.33. The van der Waals surface area contributed by atoms with Crippen LogP contribution in [-0.2, 0) is 16.1 Å². The lowest BCUT2D eigenvalue weighted by atomic mass is 10.0. The number of carbonyl (C=O) groups excluding carboxylic acids is 1. The van der Waals surface area contributed by atoms with Crippen molar-refractivity contribution >= 4 is 5.91 Å². The van der Waals surface area contributed by atoms with Crippen LogP contribution in [0.1, 0.15) is 18.5 Å². The van der Waals surface area contributed by atoms with Gasteiger partial charge in [0.25, 0.3) is 0 Å². The highest BCUT2D eigenvalue weighted by atomic mass is 16.5. The molecule has 1 atom stereocenters. The standard InChI is InChI=1S/C17H21N3O2/c1-20(17(21)9-13-7-8-22-12-13)11-15-10-16(19-18-15)14-5-3-2-4-6-14/h2-6,10,13H,7-9,11-12H2,1H3,(H,18,19). The molecule has 3 rings (SSSR count). The number of ether oxygens (including phenoxy) is 1. The van der Waals surface area contributed by atoms with Crippen molar-refractivity contribution in [3.05, 3.63) is 42.1 Å². The number of aromatic amines is 1. The highest BCUT2D eigenvalue weighted by molar-refractivity contribution is 5.76. The molecule has 1 unspecified atom stereocenters. The van der Waals surface area contributed by atoms with Crippen molar-refractivity contribution in [3.8, 4) is 11.3 Å². The number of aromatic nitrogens is 2. The lowest BCUT2D eigenvalue weighted by Gasteiger charge is -2.17. The van der Waals surface area contributed by atoms with E-state index in [0.717, 1.165) is 30.0 Å². The first kappa shape index (κ1) is 14.8. The molecule has 2 heterocycles. The maximum atomic E-state index is 12.2. The highest BCUT2D eigenvalue weighted by Gasteiger charge is 2.21. The molecule has 1 aliphatic heterocycles. The number of amides is 1. The first-order valence-electron chi connectivity index (χ1n) is 7.64. The molecule has 5 heteroatoms. The van der Waals surface area contributed by atoms with E-state index in [2.05, 4.69) is 10.2 Å². The van der Waals surface area contributed by atoms with Gasteiger partial charge in [0, 0.05) is 32.2 Å². The van der Waals surface area contributed by atoms with E-state index in [0.29, 0.717) is 25.5 Å². The smallest absolute Gasteiger partial charge is 0.223 e. The second-order valence-electron chi connectivity index (χ2n) is 5.83. The molecule has 1 aromatic carbocycles. The van der Waals surface area contributed by atoms with Gasteiger partial charge in [0.05, 0.1) is 17.9 Å². The lowest BCUT2D eigenvalue weighted by Crippen LogP contribution is -2.28. The Morgan fingerprint density at radius 3 is 2.95 bits per heavy atom. The van der Waals surface area contributed by atoms with Gasteiger partial charge < -0.3 is 9.64 Å². The molecular formula is C17H21N3O2. The number of carbonyl (C=O) groups is 1. The zero-order valence-electron chi connectivity index (χ0n) is 12.8. The lowest BCUT2D eigenvalue weighted by molar-refractivity contribution is -0.131.